The van der Waals surface area contributed by atoms with Crippen molar-refractivity contribution in [3.8, 4) is 11.5 Å². The molecule has 3 aliphatic rings. The van der Waals surface area contributed by atoms with Crippen LogP contribution in [-0.2, 0) is 45.3 Å². The molecule has 2 aromatic heterocycles. The molecule has 1 N–H and O–H groups in total. The van der Waals surface area contributed by atoms with Gasteiger partial charge in [0, 0.05) is 53.7 Å². The van der Waals surface area contributed by atoms with Crippen LogP contribution >= 0.6 is 0 Å². The predicted molar refractivity (Wildman–Crippen MR) is 193 cm³/mol. The summed E-state index contributed by atoms with van der Waals surface area (Å²) >= 11 is 0. The van der Waals surface area contributed by atoms with Crippen LogP contribution in [0.2, 0.25) is 51.4 Å². The lowest BCUT2D eigenvalue weighted by Crippen LogP contribution is -2.47. The van der Waals surface area contributed by atoms with Gasteiger partial charge in [-0.3, -0.25) is 14.3 Å². The summed E-state index contributed by atoms with van der Waals surface area (Å²) in [6.45, 7) is 21.8. The lowest BCUT2D eigenvalue weighted by Gasteiger charge is -2.31. The number of carbonyl (C=O) groups excluding carboxylic acids is 1. The molecule has 0 radical (unpaired) electrons. The molecule has 1 saturated heterocycles. The number of imidazole rings is 1. The van der Waals surface area contributed by atoms with E-state index >= 15 is 8.78 Å². The third-order valence-electron chi connectivity index (χ3n) is 10.5. The van der Waals surface area contributed by atoms with Gasteiger partial charge in [-0.15, -0.1) is 0 Å². The summed E-state index contributed by atoms with van der Waals surface area (Å²) < 4.78 is 53.2. The van der Waals surface area contributed by atoms with Gasteiger partial charge in [-0.05, 0) is 55.7 Å². The first-order valence-electron chi connectivity index (χ1n) is 17.8. The zero-order valence-corrected chi connectivity index (χ0v) is 32.5. The molecule has 0 spiro atoms. The van der Waals surface area contributed by atoms with Gasteiger partial charge in [-0.25, -0.2) is 18.4 Å². The molecule has 270 valence electrons. The van der Waals surface area contributed by atoms with E-state index in [2.05, 4.69) is 51.5 Å². The molecule has 49 heavy (non-hydrogen) atoms. The van der Waals surface area contributed by atoms with Crippen LogP contribution in [0.4, 0.5) is 14.5 Å². The van der Waals surface area contributed by atoms with Crippen molar-refractivity contribution in [1.82, 2.24) is 24.2 Å². The third-order valence-corrected chi connectivity index (χ3v) is 13.9. The topological polar surface area (TPSA) is 95.7 Å². The highest BCUT2D eigenvalue weighted by Gasteiger charge is 2.54. The fourth-order valence-corrected chi connectivity index (χ4v) is 8.44. The number of aromatic nitrogens is 4. The SMILES string of the molecule is C[C@@H](C(=O)Nc1cc2c(nc(-c3nn(COCC[Si](C)(C)C)c4c3C[C@@H]3C[C@]3(C)C4)n2COCC[Si](C)(C)C)c(F)c1F)N1CCOCC1. The second-order valence-electron chi connectivity index (χ2n) is 17.0. The van der Waals surface area contributed by atoms with Crippen LogP contribution in [0.25, 0.3) is 22.6 Å². The lowest BCUT2D eigenvalue weighted by atomic mass is 9.87. The standard InChI is InChI=1S/C35H54F2N6O4Si2/c1-23(41-9-11-45-12-10-41)34(44)38-26-18-27-32(30(37)29(26)36)39-33(42(27)21-46-13-15-48(3,4)5)31-25-17-24-19-35(24,2)20-28(25)43(40-31)22-47-14-16-49(6,7)8/h18,23-24H,9-17,19-22H2,1-8H3,(H,38,44)/t23-,24+,35+/m0/s1. The van der Waals surface area contributed by atoms with Gasteiger partial charge >= 0.3 is 0 Å². The van der Waals surface area contributed by atoms with Crippen LogP contribution in [0, 0.1) is 23.0 Å². The van der Waals surface area contributed by atoms with Crippen LogP contribution in [-0.4, -0.2) is 91.8 Å². The third kappa shape index (κ3) is 8.04. The van der Waals surface area contributed by atoms with E-state index in [1.165, 1.54) is 6.07 Å². The number of rotatable bonds is 14. The summed E-state index contributed by atoms with van der Waals surface area (Å²) in [6, 6.07) is 2.96. The van der Waals surface area contributed by atoms with Gasteiger partial charge in [0.25, 0.3) is 0 Å². The molecule has 2 aliphatic carbocycles. The number of anilines is 1. The normalized spacial score (nSPS) is 21.9. The number of amides is 1. The van der Waals surface area contributed by atoms with Crippen molar-refractivity contribution in [3.63, 3.8) is 0 Å². The van der Waals surface area contributed by atoms with E-state index in [0.29, 0.717) is 69.2 Å². The van der Waals surface area contributed by atoms with E-state index in [1.54, 1.807) is 11.5 Å². The maximum absolute atomic E-state index is 16.0. The van der Waals surface area contributed by atoms with Gasteiger partial charge in [0.15, 0.2) is 17.5 Å². The number of nitrogens with zero attached hydrogens (tertiary/aromatic N) is 5. The highest BCUT2D eigenvalue weighted by atomic mass is 28.3. The Morgan fingerprint density at radius 3 is 2.37 bits per heavy atom. The first kappa shape index (κ1) is 36.3. The number of hydrogen-bond acceptors (Lipinski definition) is 7. The minimum Gasteiger partial charge on any atom is -0.379 e. The van der Waals surface area contributed by atoms with E-state index in [1.807, 2.05) is 9.58 Å². The largest absolute Gasteiger partial charge is 0.379 e. The minimum atomic E-state index is -1.38. The van der Waals surface area contributed by atoms with Crippen LogP contribution in [0.15, 0.2) is 6.07 Å². The Hall–Kier alpha value is -2.50. The summed E-state index contributed by atoms with van der Waals surface area (Å²) in [5.41, 5.74) is 3.16. The number of fused-ring (bicyclic) bond motifs is 3. The van der Waals surface area contributed by atoms with Gasteiger partial charge in [0.2, 0.25) is 5.91 Å². The molecule has 14 heteroatoms. The average Bonchev–Trinajstić information content (AvgIpc) is 3.40. The molecule has 0 unspecified atom stereocenters. The highest BCUT2D eigenvalue weighted by Crippen LogP contribution is 2.60. The minimum absolute atomic E-state index is 0.0917. The van der Waals surface area contributed by atoms with Crippen molar-refractivity contribution in [2.45, 2.75) is 104 Å². The first-order valence-corrected chi connectivity index (χ1v) is 25.2. The van der Waals surface area contributed by atoms with Gasteiger partial charge in [-0.2, -0.15) is 5.10 Å². The van der Waals surface area contributed by atoms with E-state index in [-0.39, 0.29) is 23.3 Å². The fourth-order valence-electron chi connectivity index (χ4n) is 6.93. The van der Waals surface area contributed by atoms with Gasteiger partial charge < -0.3 is 19.5 Å². The van der Waals surface area contributed by atoms with Gasteiger partial charge in [0.05, 0.1) is 30.5 Å². The lowest BCUT2D eigenvalue weighted by molar-refractivity contribution is -0.122. The Morgan fingerprint density at radius 2 is 1.71 bits per heavy atom. The summed E-state index contributed by atoms with van der Waals surface area (Å²) in [5.74, 6) is -1.66. The Kier molecular flexibility index (Phi) is 10.3. The number of hydrogen-bond donors (Lipinski definition) is 1. The second-order valence-corrected chi connectivity index (χ2v) is 28.2. The van der Waals surface area contributed by atoms with Crippen LogP contribution in [0.3, 0.4) is 0 Å². The number of ether oxygens (including phenoxy) is 3. The van der Waals surface area contributed by atoms with Crippen molar-refractivity contribution in [1.29, 1.82) is 0 Å². The summed E-state index contributed by atoms with van der Waals surface area (Å²) in [4.78, 5) is 20.0. The maximum Gasteiger partial charge on any atom is 0.241 e. The molecule has 1 aliphatic heterocycles. The monoisotopic (exact) mass is 716 g/mol. The molecule has 3 atom stereocenters. The van der Waals surface area contributed by atoms with Gasteiger partial charge in [0.1, 0.15) is 24.7 Å². The number of halogens is 2. The molecule has 1 saturated carbocycles. The number of morpholine rings is 1. The van der Waals surface area contributed by atoms with E-state index in [0.717, 1.165) is 42.6 Å². The first-order chi connectivity index (χ1) is 23.0. The molecule has 6 rings (SSSR count). The van der Waals surface area contributed by atoms with Crippen LogP contribution < -0.4 is 5.32 Å². The van der Waals surface area contributed by atoms with E-state index < -0.39 is 39.7 Å². The Bertz CT molecular complexity index is 1690. The Labute approximate surface area is 290 Å². The molecule has 10 nitrogen and oxygen atoms in total. The number of carbonyl (C=O) groups is 1. The quantitative estimate of drug-likeness (QED) is 0.149. The smallest absolute Gasteiger partial charge is 0.241 e. The molecule has 2 fully saturated rings. The van der Waals surface area contributed by atoms with Crippen molar-refractivity contribution in [2.24, 2.45) is 11.3 Å². The molecule has 3 aromatic rings. The van der Waals surface area contributed by atoms with Crippen molar-refractivity contribution in [2.75, 3.05) is 44.8 Å². The Balaban J connectivity index is 1.38. The van der Waals surface area contributed by atoms with E-state index in [4.69, 9.17) is 24.3 Å². The van der Waals surface area contributed by atoms with Crippen LogP contribution in [0.5, 0.6) is 0 Å². The predicted octanol–water partition coefficient (Wildman–Crippen LogP) is 6.59. The van der Waals surface area contributed by atoms with E-state index in [9.17, 15) is 4.79 Å². The number of benzene rings is 1. The van der Waals surface area contributed by atoms with Crippen molar-refractivity contribution in [3.05, 3.63) is 29.0 Å². The Morgan fingerprint density at radius 1 is 1.06 bits per heavy atom. The van der Waals surface area contributed by atoms with Gasteiger partial charge in [-0.1, -0.05) is 46.2 Å². The van der Waals surface area contributed by atoms with Crippen molar-refractivity contribution >= 4 is 38.8 Å². The molecular weight excluding hydrogens is 663 g/mol. The maximum atomic E-state index is 16.0. The number of nitrogens with one attached hydrogen (secondary N) is 1. The summed E-state index contributed by atoms with van der Waals surface area (Å²) in [7, 11) is -2.64. The molecule has 3 heterocycles. The zero-order valence-electron chi connectivity index (χ0n) is 30.5. The molecular formula is C35H54F2N6O4Si2. The summed E-state index contributed by atoms with van der Waals surface area (Å²) in [5, 5.41) is 7.74. The summed E-state index contributed by atoms with van der Waals surface area (Å²) in [6.07, 6.45) is 2.90. The zero-order chi connectivity index (χ0) is 35.3. The van der Waals surface area contributed by atoms with Crippen molar-refractivity contribution < 1.29 is 27.8 Å². The second kappa shape index (κ2) is 13.9. The molecule has 0 bridgehead atoms. The molecule has 1 aromatic carbocycles. The highest BCUT2D eigenvalue weighted by molar-refractivity contribution is 6.76. The average molecular weight is 717 g/mol. The molecule has 1 amide bonds. The fraction of sp³-hybridized carbons (Fsp3) is 0.686. The van der Waals surface area contributed by atoms with Crippen LogP contribution in [0.1, 0.15) is 31.5 Å².